The van der Waals surface area contributed by atoms with Gasteiger partial charge in [0.05, 0.1) is 0 Å². The van der Waals surface area contributed by atoms with Gasteiger partial charge in [0.1, 0.15) is 11.5 Å². The molecule has 0 unspecified atom stereocenters. The summed E-state index contributed by atoms with van der Waals surface area (Å²) >= 11 is 6.10. The number of aryl methyl sites for hydroxylation is 4. The van der Waals surface area contributed by atoms with Gasteiger partial charge in [-0.05, 0) is 62.6 Å². The van der Waals surface area contributed by atoms with Gasteiger partial charge in [-0.3, -0.25) is 0 Å². The van der Waals surface area contributed by atoms with Gasteiger partial charge in [-0.15, -0.1) is 0 Å². The first-order valence-electron chi connectivity index (χ1n) is 7.04. The number of carbonyl (C=O) groups is 1. The largest absolute Gasteiger partial charge is 0.482 e. The lowest BCUT2D eigenvalue weighted by atomic mass is 10.1. The Morgan fingerprint density at radius 3 is 2.23 bits per heavy atom. The summed E-state index contributed by atoms with van der Waals surface area (Å²) in [6.45, 7) is 7.55. The van der Waals surface area contributed by atoms with E-state index in [2.05, 4.69) is 0 Å². The lowest BCUT2D eigenvalue weighted by molar-refractivity contribution is -0.136. The van der Waals surface area contributed by atoms with Crippen molar-refractivity contribution in [2.75, 3.05) is 6.61 Å². The second-order valence-electron chi connectivity index (χ2n) is 5.40. The van der Waals surface area contributed by atoms with E-state index in [1.165, 1.54) is 0 Å². The second kappa shape index (κ2) is 6.84. The molecular formula is C18H19ClO3. The highest BCUT2D eigenvalue weighted by molar-refractivity contribution is 6.32. The Morgan fingerprint density at radius 2 is 1.64 bits per heavy atom. The van der Waals surface area contributed by atoms with Crippen molar-refractivity contribution in [3.8, 4) is 11.5 Å². The number of benzene rings is 2. The van der Waals surface area contributed by atoms with Gasteiger partial charge in [0.15, 0.2) is 6.61 Å². The summed E-state index contributed by atoms with van der Waals surface area (Å²) in [5, 5.41) is 0.713. The maximum atomic E-state index is 11.9. The summed E-state index contributed by atoms with van der Waals surface area (Å²) in [6.07, 6.45) is 0. The normalized spacial score (nSPS) is 10.4. The summed E-state index contributed by atoms with van der Waals surface area (Å²) in [5.41, 5.74) is 3.88. The molecule has 0 heterocycles. The van der Waals surface area contributed by atoms with E-state index in [-0.39, 0.29) is 6.61 Å². The topological polar surface area (TPSA) is 35.5 Å². The Balaban J connectivity index is 1.98. The highest BCUT2D eigenvalue weighted by atomic mass is 35.5. The van der Waals surface area contributed by atoms with Crippen LogP contribution in [0.5, 0.6) is 11.5 Å². The van der Waals surface area contributed by atoms with E-state index in [0.29, 0.717) is 16.5 Å². The molecule has 0 atom stereocenters. The Kier molecular flexibility index (Phi) is 5.09. The SMILES string of the molecule is Cc1ccc(OC(=O)COc2cc(C)c(Cl)c(C)c2)c(C)c1. The van der Waals surface area contributed by atoms with Crippen LogP contribution in [-0.2, 0) is 4.79 Å². The summed E-state index contributed by atoms with van der Waals surface area (Å²) in [7, 11) is 0. The Labute approximate surface area is 135 Å². The molecule has 2 aromatic carbocycles. The van der Waals surface area contributed by atoms with Crippen LogP contribution >= 0.6 is 11.6 Å². The molecule has 0 radical (unpaired) electrons. The number of hydrogen-bond acceptors (Lipinski definition) is 3. The molecule has 0 aromatic heterocycles. The first-order chi connectivity index (χ1) is 10.4. The third kappa shape index (κ3) is 4.01. The molecule has 116 valence electrons. The van der Waals surface area contributed by atoms with Crippen LogP contribution in [0.1, 0.15) is 22.3 Å². The van der Waals surface area contributed by atoms with E-state index < -0.39 is 5.97 Å². The molecule has 0 spiro atoms. The summed E-state index contributed by atoms with van der Waals surface area (Å²) in [4.78, 5) is 11.9. The van der Waals surface area contributed by atoms with E-state index in [1.54, 1.807) is 18.2 Å². The molecule has 0 saturated heterocycles. The van der Waals surface area contributed by atoms with E-state index in [1.807, 2.05) is 39.8 Å². The number of hydrogen-bond donors (Lipinski definition) is 0. The van der Waals surface area contributed by atoms with Gasteiger partial charge >= 0.3 is 5.97 Å². The number of esters is 1. The molecule has 0 bridgehead atoms. The highest BCUT2D eigenvalue weighted by Crippen LogP contribution is 2.26. The summed E-state index contributed by atoms with van der Waals surface area (Å²) in [6, 6.07) is 9.27. The second-order valence-corrected chi connectivity index (χ2v) is 5.78. The van der Waals surface area contributed by atoms with Crippen LogP contribution in [0, 0.1) is 27.7 Å². The minimum Gasteiger partial charge on any atom is -0.482 e. The number of halogens is 1. The molecular weight excluding hydrogens is 300 g/mol. The van der Waals surface area contributed by atoms with E-state index in [4.69, 9.17) is 21.1 Å². The van der Waals surface area contributed by atoms with E-state index in [0.717, 1.165) is 22.3 Å². The quantitative estimate of drug-likeness (QED) is 0.612. The molecule has 22 heavy (non-hydrogen) atoms. The van der Waals surface area contributed by atoms with Crippen LogP contribution in [0.15, 0.2) is 30.3 Å². The number of rotatable bonds is 4. The predicted molar refractivity (Wildman–Crippen MR) is 88.0 cm³/mol. The Hall–Kier alpha value is -2.00. The minimum absolute atomic E-state index is 0.145. The van der Waals surface area contributed by atoms with Gasteiger partial charge in [0, 0.05) is 5.02 Å². The van der Waals surface area contributed by atoms with Gasteiger partial charge in [-0.1, -0.05) is 29.3 Å². The monoisotopic (exact) mass is 318 g/mol. The maximum Gasteiger partial charge on any atom is 0.349 e. The van der Waals surface area contributed by atoms with Gasteiger partial charge in [-0.25, -0.2) is 4.79 Å². The molecule has 0 saturated carbocycles. The zero-order valence-electron chi connectivity index (χ0n) is 13.2. The van der Waals surface area contributed by atoms with Crippen molar-refractivity contribution in [1.82, 2.24) is 0 Å². The maximum absolute atomic E-state index is 11.9. The van der Waals surface area contributed by atoms with Crippen molar-refractivity contribution < 1.29 is 14.3 Å². The minimum atomic E-state index is -0.433. The fourth-order valence-corrected chi connectivity index (χ4v) is 2.31. The van der Waals surface area contributed by atoms with Crippen molar-refractivity contribution in [2.24, 2.45) is 0 Å². The molecule has 4 heteroatoms. The molecule has 0 aliphatic rings. The third-order valence-corrected chi connectivity index (χ3v) is 3.92. The average Bonchev–Trinajstić information content (AvgIpc) is 2.45. The molecule has 2 aromatic rings. The van der Waals surface area contributed by atoms with Gasteiger partial charge < -0.3 is 9.47 Å². The molecule has 2 rings (SSSR count). The molecule has 3 nitrogen and oxygen atoms in total. The van der Waals surface area contributed by atoms with Crippen LogP contribution in [-0.4, -0.2) is 12.6 Å². The van der Waals surface area contributed by atoms with Crippen molar-refractivity contribution in [2.45, 2.75) is 27.7 Å². The van der Waals surface area contributed by atoms with Gasteiger partial charge in [0.25, 0.3) is 0 Å². The zero-order valence-corrected chi connectivity index (χ0v) is 14.0. The molecule has 0 N–H and O–H groups in total. The average molecular weight is 319 g/mol. The van der Waals surface area contributed by atoms with Crippen LogP contribution in [0.4, 0.5) is 0 Å². The Bertz CT molecular complexity index is 684. The highest BCUT2D eigenvalue weighted by Gasteiger charge is 2.10. The zero-order chi connectivity index (χ0) is 16.3. The molecule has 0 aliphatic carbocycles. The van der Waals surface area contributed by atoms with Gasteiger partial charge in [-0.2, -0.15) is 0 Å². The molecule has 0 amide bonds. The smallest absolute Gasteiger partial charge is 0.349 e. The summed E-state index contributed by atoms with van der Waals surface area (Å²) < 4.78 is 10.8. The van der Waals surface area contributed by atoms with Crippen LogP contribution in [0.3, 0.4) is 0 Å². The van der Waals surface area contributed by atoms with Crippen LogP contribution < -0.4 is 9.47 Å². The lowest BCUT2D eigenvalue weighted by Crippen LogP contribution is -2.18. The standard InChI is InChI=1S/C18H19ClO3/c1-11-5-6-16(12(2)7-11)22-17(20)10-21-15-8-13(3)18(19)14(4)9-15/h5-9H,10H2,1-4H3. The first-order valence-corrected chi connectivity index (χ1v) is 7.42. The van der Waals surface area contributed by atoms with Gasteiger partial charge in [0.2, 0.25) is 0 Å². The molecule has 0 aliphatic heterocycles. The molecule has 0 fully saturated rings. The van der Waals surface area contributed by atoms with E-state index in [9.17, 15) is 4.79 Å². The number of carbonyl (C=O) groups excluding carboxylic acids is 1. The first kappa shape index (κ1) is 16.4. The van der Waals surface area contributed by atoms with E-state index >= 15 is 0 Å². The fourth-order valence-electron chi connectivity index (χ4n) is 2.20. The Morgan fingerprint density at radius 1 is 1.00 bits per heavy atom. The van der Waals surface area contributed by atoms with Crippen LogP contribution in [0.2, 0.25) is 5.02 Å². The fraction of sp³-hybridized carbons (Fsp3) is 0.278. The van der Waals surface area contributed by atoms with Crippen molar-refractivity contribution in [3.05, 3.63) is 57.6 Å². The third-order valence-electron chi connectivity index (χ3n) is 3.32. The van der Waals surface area contributed by atoms with Crippen LogP contribution in [0.25, 0.3) is 0 Å². The van der Waals surface area contributed by atoms with Crippen molar-refractivity contribution in [3.63, 3.8) is 0 Å². The number of ether oxygens (including phenoxy) is 2. The lowest BCUT2D eigenvalue weighted by Gasteiger charge is -2.11. The van der Waals surface area contributed by atoms with Crippen molar-refractivity contribution in [1.29, 1.82) is 0 Å². The summed E-state index contributed by atoms with van der Waals surface area (Å²) in [5.74, 6) is 0.733. The predicted octanol–water partition coefficient (Wildman–Crippen LogP) is 4.56. The van der Waals surface area contributed by atoms with Crippen molar-refractivity contribution >= 4 is 17.6 Å².